The molecule has 118 valence electrons. The standard InChI is InChI=1S/C17H28N2O2/c1-18-17(15-5-4-6-16(11-15)20-3)12-19(2)9-10-21-13-14-7-8-14/h4-6,11,14,17-18H,7-10,12-13H2,1-3H3. The topological polar surface area (TPSA) is 33.7 Å². The minimum atomic E-state index is 0.300. The second-order valence-corrected chi connectivity index (χ2v) is 5.90. The van der Waals surface area contributed by atoms with Crippen LogP contribution in [-0.2, 0) is 4.74 Å². The maximum atomic E-state index is 5.70. The molecular formula is C17H28N2O2. The minimum Gasteiger partial charge on any atom is -0.497 e. The van der Waals surface area contributed by atoms with Crippen LogP contribution in [0.15, 0.2) is 24.3 Å². The molecule has 1 atom stereocenters. The van der Waals surface area contributed by atoms with Crippen LogP contribution < -0.4 is 10.1 Å². The van der Waals surface area contributed by atoms with Crippen molar-refractivity contribution in [3.63, 3.8) is 0 Å². The molecule has 1 aliphatic rings. The third-order valence-electron chi connectivity index (χ3n) is 4.01. The fraction of sp³-hybridized carbons (Fsp3) is 0.647. The average molecular weight is 292 g/mol. The Balaban J connectivity index is 1.76. The Labute approximate surface area is 128 Å². The molecule has 1 saturated carbocycles. The van der Waals surface area contributed by atoms with Gasteiger partial charge >= 0.3 is 0 Å². The lowest BCUT2D eigenvalue weighted by molar-refractivity contribution is 0.101. The van der Waals surface area contributed by atoms with Crippen LogP contribution in [0.1, 0.15) is 24.4 Å². The molecule has 4 heteroatoms. The first kappa shape index (κ1) is 16.3. The number of hydrogen-bond acceptors (Lipinski definition) is 4. The molecular weight excluding hydrogens is 264 g/mol. The SMILES string of the molecule is CNC(CN(C)CCOCC1CC1)c1cccc(OC)c1. The molecule has 0 aliphatic heterocycles. The molecule has 1 fully saturated rings. The molecule has 0 bridgehead atoms. The summed E-state index contributed by atoms with van der Waals surface area (Å²) in [6.07, 6.45) is 2.71. The van der Waals surface area contributed by atoms with E-state index in [2.05, 4.69) is 29.4 Å². The van der Waals surface area contributed by atoms with Crippen molar-refractivity contribution in [3.8, 4) is 5.75 Å². The number of nitrogens with zero attached hydrogens (tertiary/aromatic N) is 1. The van der Waals surface area contributed by atoms with Gasteiger partial charge in [-0.05, 0) is 50.6 Å². The molecule has 1 aromatic rings. The van der Waals surface area contributed by atoms with E-state index in [9.17, 15) is 0 Å². The number of rotatable bonds is 10. The molecule has 1 N–H and O–H groups in total. The molecule has 1 aliphatic carbocycles. The van der Waals surface area contributed by atoms with E-state index in [-0.39, 0.29) is 0 Å². The minimum absolute atomic E-state index is 0.300. The monoisotopic (exact) mass is 292 g/mol. The van der Waals surface area contributed by atoms with Gasteiger partial charge in [0.25, 0.3) is 0 Å². The molecule has 0 amide bonds. The predicted octanol–water partition coefficient (Wildman–Crippen LogP) is 2.31. The predicted molar refractivity (Wildman–Crippen MR) is 85.8 cm³/mol. The number of hydrogen-bond donors (Lipinski definition) is 1. The highest BCUT2D eigenvalue weighted by molar-refractivity contribution is 5.30. The van der Waals surface area contributed by atoms with E-state index >= 15 is 0 Å². The van der Waals surface area contributed by atoms with Crippen molar-refractivity contribution >= 4 is 0 Å². The first-order valence-corrected chi connectivity index (χ1v) is 7.80. The van der Waals surface area contributed by atoms with Crippen molar-refractivity contribution in [2.45, 2.75) is 18.9 Å². The van der Waals surface area contributed by atoms with Crippen LogP contribution in [0.25, 0.3) is 0 Å². The lowest BCUT2D eigenvalue weighted by atomic mass is 10.1. The van der Waals surface area contributed by atoms with Gasteiger partial charge in [-0.25, -0.2) is 0 Å². The van der Waals surface area contributed by atoms with E-state index in [1.165, 1.54) is 18.4 Å². The number of ether oxygens (including phenoxy) is 2. The van der Waals surface area contributed by atoms with Crippen molar-refractivity contribution in [2.24, 2.45) is 5.92 Å². The summed E-state index contributed by atoms with van der Waals surface area (Å²) in [4.78, 5) is 2.31. The van der Waals surface area contributed by atoms with Gasteiger partial charge in [0.05, 0.1) is 13.7 Å². The Bertz CT molecular complexity index is 421. The van der Waals surface area contributed by atoms with Crippen LogP contribution in [0.4, 0.5) is 0 Å². The van der Waals surface area contributed by atoms with Crippen molar-refractivity contribution in [3.05, 3.63) is 29.8 Å². The van der Waals surface area contributed by atoms with Gasteiger partial charge in [0.1, 0.15) is 5.75 Å². The summed E-state index contributed by atoms with van der Waals surface area (Å²) < 4.78 is 11.0. The summed E-state index contributed by atoms with van der Waals surface area (Å²) in [6, 6.07) is 8.55. The van der Waals surface area contributed by atoms with Gasteiger partial charge < -0.3 is 19.7 Å². The summed E-state index contributed by atoms with van der Waals surface area (Å²) in [5, 5.41) is 3.38. The van der Waals surface area contributed by atoms with Crippen LogP contribution >= 0.6 is 0 Å². The number of benzene rings is 1. The molecule has 0 saturated heterocycles. The maximum absolute atomic E-state index is 5.70. The molecule has 1 unspecified atom stereocenters. The zero-order valence-corrected chi connectivity index (χ0v) is 13.5. The summed E-state index contributed by atoms with van der Waals surface area (Å²) in [5.41, 5.74) is 1.25. The van der Waals surface area contributed by atoms with Gasteiger partial charge in [0, 0.05) is 25.7 Å². The maximum Gasteiger partial charge on any atom is 0.119 e. The van der Waals surface area contributed by atoms with Gasteiger partial charge in [-0.1, -0.05) is 12.1 Å². The first-order valence-electron chi connectivity index (χ1n) is 7.80. The molecule has 1 aromatic carbocycles. The van der Waals surface area contributed by atoms with E-state index in [1.54, 1.807) is 7.11 Å². The molecule has 2 rings (SSSR count). The Morgan fingerprint density at radius 2 is 2.19 bits per heavy atom. The van der Waals surface area contributed by atoms with Gasteiger partial charge in [0.15, 0.2) is 0 Å². The second-order valence-electron chi connectivity index (χ2n) is 5.90. The van der Waals surface area contributed by atoms with Crippen LogP contribution in [0, 0.1) is 5.92 Å². The highest BCUT2D eigenvalue weighted by atomic mass is 16.5. The summed E-state index contributed by atoms with van der Waals surface area (Å²) in [5.74, 6) is 1.75. The molecule has 0 heterocycles. The number of methoxy groups -OCH3 is 1. The van der Waals surface area contributed by atoms with Crippen molar-refractivity contribution in [1.82, 2.24) is 10.2 Å². The van der Waals surface area contributed by atoms with E-state index in [0.717, 1.165) is 38.0 Å². The molecule has 0 radical (unpaired) electrons. The third kappa shape index (κ3) is 5.65. The Morgan fingerprint density at radius 3 is 2.86 bits per heavy atom. The summed E-state index contributed by atoms with van der Waals surface area (Å²) >= 11 is 0. The van der Waals surface area contributed by atoms with Crippen molar-refractivity contribution in [2.75, 3.05) is 47.5 Å². The van der Waals surface area contributed by atoms with Gasteiger partial charge in [-0.15, -0.1) is 0 Å². The van der Waals surface area contributed by atoms with E-state index in [1.807, 2.05) is 19.2 Å². The fourth-order valence-electron chi connectivity index (χ4n) is 2.38. The van der Waals surface area contributed by atoms with Gasteiger partial charge in [0.2, 0.25) is 0 Å². The van der Waals surface area contributed by atoms with E-state index in [4.69, 9.17) is 9.47 Å². The molecule has 0 aromatic heterocycles. The molecule has 21 heavy (non-hydrogen) atoms. The Kier molecular flexibility index (Phi) is 6.49. The smallest absolute Gasteiger partial charge is 0.119 e. The zero-order valence-electron chi connectivity index (χ0n) is 13.5. The second kappa shape index (κ2) is 8.37. The van der Waals surface area contributed by atoms with Crippen molar-refractivity contribution in [1.29, 1.82) is 0 Å². The average Bonchev–Trinajstić information content (AvgIpc) is 3.33. The normalized spacial score (nSPS) is 16.2. The van der Waals surface area contributed by atoms with E-state index < -0.39 is 0 Å². The largest absolute Gasteiger partial charge is 0.497 e. The first-order chi connectivity index (χ1) is 10.2. The summed E-state index contributed by atoms with van der Waals surface area (Å²) in [6.45, 7) is 3.69. The lowest BCUT2D eigenvalue weighted by Gasteiger charge is -2.24. The van der Waals surface area contributed by atoms with E-state index in [0.29, 0.717) is 6.04 Å². The van der Waals surface area contributed by atoms with Crippen molar-refractivity contribution < 1.29 is 9.47 Å². The number of likely N-dealkylation sites (N-methyl/N-ethyl adjacent to an activating group) is 2. The third-order valence-corrected chi connectivity index (χ3v) is 4.01. The van der Waals surface area contributed by atoms with Crippen LogP contribution in [0.2, 0.25) is 0 Å². The lowest BCUT2D eigenvalue weighted by Crippen LogP contribution is -2.33. The summed E-state index contributed by atoms with van der Waals surface area (Å²) in [7, 11) is 5.85. The Hall–Kier alpha value is -1.10. The van der Waals surface area contributed by atoms with Crippen LogP contribution in [0.5, 0.6) is 5.75 Å². The zero-order chi connectivity index (χ0) is 15.1. The highest BCUT2D eigenvalue weighted by Gasteiger charge is 2.21. The van der Waals surface area contributed by atoms with Gasteiger partial charge in [-0.2, -0.15) is 0 Å². The molecule has 4 nitrogen and oxygen atoms in total. The highest BCUT2D eigenvalue weighted by Crippen LogP contribution is 2.28. The van der Waals surface area contributed by atoms with Crippen LogP contribution in [0.3, 0.4) is 0 Å². The number of nitrogens with one attached hydrogen (secondary N) is 1. The molecule has 0 spiro atoms. The van der Waals surface area contributed by atoms with Gasteiger partial charge in [-0.3, -0.25) is 0 Å². The fourth-order valence-corrected chi connectivity index (χ4v) is 2.38. The quantitative estimate of drug-likeness (QED) is 0.671. The Morgan fingerprint density at radius 1 is 1.38 bits per heavy atom. The van der Waals surface area contributed by atoms with Crippen LogP contribution in [-0.4, -0.2) is 52.4 Å².